The van der Waals surface area contributed by atoms with Crippen LogP contribution in [0.5, 0.6) is 0 Å². The van der Waals surface area contributed by atoms with Crippen LogP contribution < -0.4 is 15.1 Å². The minimum absolute atomic E-state index is 0.0925. The van der Waals surface area contributed by atoms with Gasteiger partial charge in [0.2, 0.25) is 0 Å². The van der Waals surface area contributed by atoms with Crippen molar-refractivity contribution >= 4 is 23.0 Å². The molecule has 0 aromatic heterocycles. The second kappa shape index (κ2) is 11.6. The summed E-state index contributed by atoms with van der Waals surface area (Å²) in [5, 5.41) is 13.3. The first-order chi connectivity index (χ1) is 18.5. The number of nitrogens with zero attached hydrogens (tertiary/aromatic N) is 4. The average molecular weight is 508 g/mol. The lowest BCUT2D eigenvalue weighted by molar-refractivity contribution is 0.0746. The van der Waals surface area contributed by atoms with Crippen molar-refractivity contribution in [1.82, 2.24) is 4.90 Å². The van der Waals surface area contributed by atoms with E-state index in [1.165, 1.54) is 11.3 Å². The lowest BCUT2D eigenvalue weighted by Crippen LogP contribution is -2.49. The van der Waals surface area contributed by atoms with Crippen molar-refractivity contribution in [1.29, 1.82) is 5.26 Å². The molecular weight excluding hydrogens is 470 g/mol. The quantitative estimate of drug-likeness (QED) is 0.487. The third kappa shape index (κ3) is 5.62. The Labute approximate surface area is 226 Å². The van der Waals surface area contributed by atoms with E-state index < -0.39 is 0 Å². The van der Waals surface area contributed by atoms with Gasteiger partial charge in [0.05, 0.1) is 11.3 Å². The van der Waals surface area contributed by atoms with Gasteiger partial charge < -0.3 is 20.0 Å². The van der Waals surface area contributed by atoms with Crippen molar-refractivity contribution in [2.24, 2.45) is 0 Å². The second-order valence-corrected chi connectivity index (χ2v) is 10.5. The Hall–Kier alpha value is -3.98. The molecule has 5 rings (SSSR count). The number of nitriles is 1. The molecule has 2 saturated heterocycles. The normalized spacial score (nSPS) is 18.0. The first-order valence-electron chi connectivity index (χ1n) is 13.7. The van der Waals surface area contributed by atoms with E-state index in [0.29, 0.717) is 24.7 Å². The van der Waals surface area contributed by atoms with E-state index >= 15 is 0 Å². The average Bonchev–Trinajstić information content (AvgIpc) is 3.20. The van der Waals surface area contributed by atoms with Crippen LogP contribution in [-0.4, -0.2) is 56.1 Å². The fraction of sp³-hybridized carbons (Fsp3) is 0.375. The maximum atomic E-state index is 13.6. The summed E-state index contributed by atoms with van der Waals surface area (Å²) in [6.45, 7) is 9.00. The smallest absolute Gasteiger partial charge is 0.254 e. The minimum atomic E-state index is 0.0925. The highest BCUT2D eigenvalue weighted by atomic mass is 16.2. The number of amides is 1. The summed E-state index contributed by atoms with van der Waals surface area (Å²) in [5.74, 6) is 0.0925. The first-order valence-corrected chi connectivity index (χ1v) is 13.7. The summed E-state index contributed by atoms with van der Waals surface area (Å²) in [6.07, 6.45) is 3.33. The fourth-order valence-electron chi connectivity index (χ4n) is 5.76. The van der Waals surface area contributed by atoms with Gasteiger partial charge in [-0.25, -0.2) is 0 Å². The number of rotatable bonds is 5. The summed E-state index contributed by atoms with van der Waals surface area (Å²) in [5.41, 5.74) is 6.98. The predicted molar refractivity (Wildman–Crippen MR) is 155 cm³/mol. The van der Waals surface area contributed by atoms with E-state index in [2.05, 4.69) is 70.6 Å². The molecule has 2 aliphatic rings. The minimum Gasteiger partial charge on any atom is -0.382 e. The highest BCUT2D eigenvalue weighted by Crippen LogP contribution is 2.27. The van der Waals surface area contributed by atoms with Gasteiger partial charge in [-0.1, -0.05) is 36.4 Å². The monoisotopic (exact) mass is 507 g/mol. The molecule has 3 aromatic carbocycles. The SMILES string of the molecule is Cc1cc(C)c(C(=O)N2CCN(c3ccccc3C#N)CC2)cc1N[C@H]1CCCN(c2ccccc2)CC1. The van der Waals surface area contributed by atoms with Gasteiger partial charge >= 0.3 is 0 Å². The van der Waals surface area contributed by atoms with Gasteiger partial charge in [0, 0.05) is 62.2 Å². The Morgan fingerprint density at radius 2 is 1.58 bits per heavy atom. The number of benzene rings is 3. The number of nitrogens with one attached hydrogen (secondary N) is 1. The van der Waals surface area contributed by atoms with Crippen molar-refractivity contribution in [3.63, 3.8) is 0 Å². The molecule has 38 heavy (non-hydrogen) atoms. The van der Waals surface area contributed by atoms with Crippen LogP contribution in [0.15, 0.2) is 66.7 Å². The second-order valence-electron chi connectivity index (χ2n) is 10.5. The molecule has 2 heterocycles. The molecule has 6 nitrogen and oxygen atoms in total. The molecule has 0 spiro atoms. The van der Waals surface area contributed by atoms with Gasteiger partial charge in [-0.3, -0.25) is 4.79 Å². The maximum Gasteiger partial charge on any atom is 0.254 e. The predicted octanol–water partition coefficient (Wildman–Crippen LogP) is 5.61. The standard InChI is InChI=1S/C32H37N5O/c1-24-21-25(2)30(34-27-10-8-15-35(16-14-27)28-11-4-3-5-12-28)22-29(24)32(38)37-19-17-36(18-20-37)31-13-7-6-9-26(31)23-33/h3-7,9,11-13,21-22,27,34H,8,10,14-20H2,1-2H3/t27-/m0/s1. The molecule has 1 amide bonds. The zero-order chi connectivity index (χ0) is 26.5. The van der Waals surface area contributed by atoms with Crippen LogP contribution >= 0.6 is 0 Å². The third-order valence-electron chi connectivity index (χ3n) is 7.94. The molecule has 0 unspecified atom stereocenters. The highest BCUT2D eigenvalue weighted by molar-refractivity contribution is 5.97. The number of aryl methyl sites for hydroxylation is 2. The van der Waals surface area contributed by atoms with E-state index in [9.17, 15) is 10.1 Å². The van der Waals surface area contributed by atoms with Crippen LogP contribution in [0.3, 0.4) is 0 Å². The molecule has 2 fully saturated rings. The van der Waals surface area contributed by atoms with Gasteiger partial charge in [-0.05, 0) is 74.6 Å². The van der Waals surface area contributed by atoms with Gasteiger partial charge in [0.1, 0.15) is 6.07 Å². The fourth-order valence-corrected chi connectivity index (χ4v) is 5.76. The number of carbonyl (C=O) groups is 1. The van der Waals surface area contributed by atoms with Gasteiger partial charge in [-0.2, -0.15) is 5.26 Å². The van der Waals surface area contributed by atoms with Crippen molar-refractivity contribution in [3.05, 3.63) is 89.0 Å². The van der Waals surface area contributed by atoms with E-state index in [1.807, 2.05) is 36.1 Å². The number of carbonyl (C=O) groups excluding carboxylic acids is 1. The summed E-state index contributed by atoms with van der Waals surface area (Å²) >= 11 is 0. The molecule has 6 heteroatoms. The Balaban J connectivity index is 1.24. The Bertz CT molecular complexity index is 1310. The Morgan fingerprint density at radius 3 is 2.34 bits per heavy atom. The lowest BCUT2D eigenvalue weighted by Gasteiger charge is -2.36. The Kier molecular flexibility index (Phi) is 7.83. The molecule has 0 radical (unpaired) electrons. The number of piperazine rings is 1. The number of anilines is 3. The van der Waals surface area contributed by atoms with Gasteiger partial charge in [0.15, 0.2) is 0 Å². The van der Waals surface area contributed by atoms with E-state index in [-0.39, 0.29) is 5.91 Å². The lowest BCUT2D eigenvalue weighted by atomic mass is 10.0. The highest BCUT2D eigenvalue weighted by Gasteiger charge is 2.25. The Morgan fingerprint density at radius 1 is 0.842 bits per heavy atom. The summed E-state index contributed by atoms with van der Waals surface area (Å²) in [6, 6.07) is 25.3. The third-order valence-corrected chi connectivity index (χ3v) is 7.94. The summed E-state index contributed by atoms with van der Waals surface area (Å²) < 4.78 is 0. The number of hydrogen-bond acceptors (Lipinski definition) is 5. The molecule has 1 atom stereocenters. The van der Waals surface area contributed by atoms with Gasteiger partial charge in [-0.15, -0.1) is 0 Å². The van der Waals surface area contributed by atoms with Gasteiger partial charge in [0.25, 0.3) is 5.91 Å². The number of hydrogen-bond donors (Lipinski definition) is 1. The maximum absolute atomic E-state index is 13.6. The molecule has 196 valence electrons. The molecule has 1 N–H and O–H groups in total. The van der Waals surface area contributed by atoms with E-state index in [4.69, 9.17) is 0 Å². The van der Waals surface area contributed by atoms with Crippen LogP contribution in [0.4, 0.5) is 17.1 Å². The van der Waals surface area contributed by atoms with E-state index in [1.54, 1.807) is 0 Å². The molecule has 2 aliphatic heterocycles. The van der Waals surface area contributed by atoms with E-state index in [0.717, 1.165) is 67.9 Å². The molecular formula is C32H37N5O. The molecule has 0 aliphatic carbocycles. The summed E-state index contributed by atoms with van der Waals surface area (Å²) in [7, 11) is 0. The van der Waals surface area contributed by atoms with Crippen LogP contribution in [-0.2, 0) is 0 Å². The first kappa shape index (κ1) is 25.7. The molecule has 0 bridgehead atoms. The van der Waals surface area contributed by atoms with Crippen LogP contribution in [0.1, 0.15) is 46.3 Å². The largest absolute Gasteiger partial charge is 0.382 e. The van der Waals surface area contributed by atoms with Crippen molar-refractivity contribution in [2.75, 3.05) is 54.4 Å². The van der Waals surface area contributed by atoms with Crippen LogP contribution in [0.25, 0.3) is 0 Å². The van der Waals surface area contributed by atoms with Crippen molar-refractivity contribution in [2.45, 2.75) is 39.2 Å². The van der Waals surface area contributed by atoms with Crippen LogP contribution in [0.2, 0.25) is 0 Å². The van der Waals surface area contributed by atoms with Crippen LogP contribution in [0, 0.1) is 25.2 Å². The zero-order valence-electron chi connectivity index (χ0n) is 22.5. The summed E-state index contributed by atoms with van der Waals surface area (Å²) in [4.78, 5) is 20.3. The number of para-hydroxylation sites is 2. The molecule has 3 aromatic rings. The van der Waals surface area contributed by atoms with Crippen molar-refractivity contribution < 1.29 is 4.79 Å². The van der Waals surface area contributed by atoms with Crippen molar-refractivity contribution in [3.8, 4) is 6.07 Å². The molecule has 0 saturated carbocycles. The zero-order valence-corrected chi connectivity index (χ0v) is 22.5. The topological polar surface area (TPSA) is 62.6 Å².